The number of hydrogen-bond donors (Lipinski definition) is 1. The molecule has 1 aliphatic heterocycles. The van der Waals surface area contributed by atoms with Crippen LogP contribution < -0.4 is 5.32 Å². The third kappa shape index (κ3) is 8.61. The number of morpholine rings is 1. The Labute approximate surface area is 155 Å². The van der Waals surface area contributed by atoms with E-state index in [1.165, 1.54) is 4.90 Å². The van der Waals surface area contributed by atoms with E-state index in [0.29, 0.717) is 0 Å². The second-order valence-corrected chi connectivity index (χ2v) is 8.30. The normalized spacial score (nSPS) is 17.1. The van der Waals surface area contributed by atoms with E-state index in [0.717, 1.165) is 45.0 Å². The van der Waals surface area contributed by atoms with Crippen LogP contribution in [0.3, 0.4) is 0 Å². The topological polar surface area (TPSA) is 50.8 Å². The minimum absolute atomic E-state index is 0.0721. The molecule has 1 aliphatic rings. The number of benzene rings is 1. The fraction of sp³-hybridized carbons (Fsp3) is 0.632. The zero-order chi connectivity index (χ0) is 18.1. The molecule has 1 saturated heterocycles. The first-order valence-corrected chi connectivity index (χ1v) is 9.88. The van der Waals surface area contributed by atoms with Gasteiger partial charge in [-0.25, -0.2) is 4.79 Å². The molecule has 0 aliphatic carbocycles. The average molecular weight is 367 g/mol. The van der Waals surface area contributed by atoms with Gasteiger partial charge in [-0.2, -0.15) is 0 Å². The van der Waals surface area contributed by atoms with E-state index < -0.39 is 5.60 Å². The van der Waals surface area contributed by atoms with Crippen molar-refractivity contribution < 1.29 is 14.3 Å². The van der Waals surface area contributed by atoms with Crippen LogP contribution in [0.25, 0.3) is 0 Å². The van der Waals surface area contributed by atoms with Gasteiger partial charge in [0.15, 0.2) is 0 Å². The second-order valence-electron chi connectivity index (χ2n) is 7.21. The first kappa shape index (κ1) is 20.1. The minimum Gasteiger partial charge on any atom is -0.444 e. The molecular formula is C19H30N2O3S. The zero-order valence-electron chi connectivity index (χ0n) is 15.5. The molecule has 0 spiro atoms. The van der Waals surface area contributed by atoms with Gasteiger partial charge in [0, 0.05) is 36.3 Å². The molecule has 0 bridgehead atoms. The highest BCUT2D eigenvalue weighted by molar-refractivity contribution is 7.99. The smallest absolute Gasteiger partial charge is 0.407 e. The Morgan fingerprint density at radius 1 is 1.28 bits per heavy atom. The van der Waals surface area contributed by atoms with Crippen LogP contribution in [-0.4, -0.2) is 61.2 Å². The third-order valence-corrected chi connectivity index (χ3v) is 4.99. The fourth-order valence-corrected chi connectivity index (χ4v) is 3.54. The molecule has 1 N–H and O–H groups in total. The molecule has 1 aromatic rings. The number of hydrogen-bond acceptors (Lipinski definition) is 5. The summed E-state index contributed by atoms with van der Waals surface area (Å²) in [5.41, 5.74) is -0.481. The number of carbonyl (C=O) groups is 1. The summed E-state index contributed by atoms with van der Waals surface area (Å²) in [5.74, 6) is 0.827. The first-order chi connectivity index (χ1) is 11.9. The zero-order valence-corrected chi connectivity index (χ0v) is 16.3. The van der Waals surface area contributed by atoms with Crippen LogP contribution in [0.15, 0.2) is 35.2 Å². The quantitative estimate of drug-likeness (QED) is 0.750. The summed E-state index contributed by atoms with van der Waals surface area (Å²) in [6.45, 7) is 10.1. The van der Waals surface area contributed by atoms with Gasteiger partial charge < -0.3 is 14.8 Å². The Morgan fingerprint density at radius 2 is 1.96 bits per heavy atom. The Morgan fingerprint density at radius 3 is 2.60 bits per heavy atom. The molecule has 140 valence electrons. The number of rotatable bonds is 7. The Kier molecular flexibility index (Phi) is 8.06. The molecular weight excluding hydrogens is 336 g/mol. The van der Waals surface area contributed by atoms with Crippen molar-refractivity contribution in [1.29, 1.82) is 0 Å². The van der Waals surface area contributed by atoms with Gasteiger partial charge >= 0.3 is 6.09 Å². The van der Waals surface area contributed by atoms with Crippen molar-refractivity contribution in [2.24, 2.45) is 0 Å². The lowest BCUT2D eigenvalue weighted by molar-refractivity contribution is 0.0347. The molecule has 1 heterocycles. The highest BCUT2D eigenvalue weighted by atomic mass is 32.2. The number of amides is 1. The lowest BCUT2D eigenvalue weighted by atomic mass is 10.2. The monoisotopic (exact) mass is 366 g/mol. The predicted octanol–water partition coefficient (Wildman–Crippen LogP) is 3.39. The number of ether oxygens (including phenoxy) is 2. The van der Waals surface area contributed by atoms with Crippen molar-refractivity contribution in [3.05, 3.63) is 30.3 Å². The van der Waals surface area contributed by atoms with Gasteiger partial charge in [-0.05, 0) is 39.3 Å². The number of nitrogens with zero attached hydrogens (tertiary/aromatic N) is 1. The molecule has 0 aromatic heterocycles. The fourth-order valence-electron chi connectivity index (χ4n) is 2.55. The number of thioether (sulfide) groups is 1. The molecule has 0 radical (unpaired) electrons. The van der Waals surface area contributed by atoms with Crippen LogP contribution in [0, 0.1) is 0 Å². The maximum absolute atomic E-state index is 12.2. The van der Waals surface area contributed by atoms with E-state index in [-0.39, 0.29) is 12.1 Å². The van der Waals surface area contributed by atoms with Crippen LogP contribution >= 0.6 is 11.8 Å². The van der Waals surface area contributed by atoms with Crippen LogP contribution in [-0.2, 0) is 9.47 Å². The highest BCUT2D eigenvalue weighted by Crippen LogP contribution is 2.19. The summed E-state index contributed by atoms with van der Waals surface area (Å²) in [6, 6.07) is 10.3. The van der Waals surface area contributed by atoms with Gasteiger partial charge in [0.1, 0.15) is 5.60 Å². The van der Waals surface area contributed by atoms with Crippen molar-refractivity contribution in [3.8, 4) is 0 Å². The molecule has 0 unspecified atom stereocenters. The summed E-state index contributed by atoms with van der Waals surface area (Å²) in [6.07, 6.45) is 0.562. The largest absolute Gasteiger partial charge is 0.444 e. The van der Waals surface area contributed by atoms with Crippen molar-refractivity contribution in [3.63, 3.8) is 0 Å². The predicted molar refractivity (Wildman–Crippen MR) is 102 cm³/mol. The summed E-state index contributed by atoms with van der Waals surface area (Å²) in [5, 5.41) is 3.04. The Balaban J connectivity index is 1.86. The van der Waals surface area contributed by atoms with Crippen molar-refractivity contribution in [2.75, 3.05) is 38.6 Å². The molecule has 0 saturated carbocycles. The van der Waals surface area contributed by atoms with Crippen molar-refractivity contribution in [1.82, 2.24) is 10.2 Å². The molecule has 5 nitrogen and oxygen atoms in total. The molecule has 6 heteroatoms. The van der Waals surface area contributed by atoms with E-state index in [1.807, 2.05) is 39.0 Å². The van der Waals surface area contributed by atoms with Crippen LogP contribution in [0.4, 0.5) is 4.79 Å². The SMILES string of the molecule is CC(C)(C)OC(=O)N[C@H](CCN1CCOCC1)CSc1ccccc1. The Hall–Kier alpha value is -1.24. The van der Waals surface area contributed by atoms with Crippen molar-refractivity contribution in [2.45, 2.75) is 43.7 Å². The van der Waals surface area contributed by atoms with Crippen molar-refractivity contribution >= 4 is 17.9 Å². The minimum atomic E-state index is -0.481. The number of alkyl carbamates (subject to hydrolysis) is 1. The van der Waals surface area contributed by atoms with Gasteiger partial charge in [-0.15, -0.1) is 11.8 Å². The van der Waals surface area contributed by atoms with Gasteiger partial charge in [0.2, 0.25) is 0 Å². The van der Waals surface area contributed by atoms with Gasteiger partial charge in [-0.3, -0.25) is 4.90 Å². The van der Waals surface area contributed by atoms with Crippen LogP contribution in [0.2, 0.25) is 0 Å². The molecule has 1 fully saturated rings. The summed E-state index contributed by atoms with van der Waals surface area (Å²) in [7, 11) is 0. The van der Waals surface area contributed by atoms with Crippen LogP contribution in [0.1, 0.15) is 27.2 Å². The van der Waals surface area contributed by atoms with Gasteiger partial charge in [0.05, 0.1) is 13.2 Å². The molecule has 1 atom stereocenters. The number of nitrogens with one attached hydrogen (secondary N) is 1. The summed E-state index contributed by atoms with van der Waals surface area (Å²) < 4.78 is 10.8. The number of carbonyl (C=O) groups excluding carboxylic acids is 1. The lowest BCUT2D eigenvalue weighted by Gasteiger charge is -2.29. The Bertz CT molecular complexity index is 513. The van der Waals surface area contributed by atoms with E-state index >= 15 is 0 Å². The maximum atomic E-state index is 12.2. The average Bonchev–Trinajstić information content (AvgIpc) is 2.57. The van der Waals surface area contributed by atoms with E-state index in [2.05, 4.69) is 22.3 Å². The third-order valence-electron chi connectivity index (χ3n) is 3.81. The van der Waals surface area contributed by atoms with Gasteiger partial charge in [0.25, 0.3) is 0 Å². The molecule has 2 rings (SSSR count). The maximum Gasteiger partial charge on any atom is 0.407 e. The second kappa shape index (κ2) is 10.0. The highest BCUT2D eigenvalue weighted by Gasteiger charge is 2.21. The van der Waals surface area contributed by atoms with Gasteiger partial charge in [-0.1, -0.05) is 18.2 Å². The summed E-state index contributed by atoms with van der Waals surface area (Å²) >= 11 is 1.76. The lowest BCUT2D eigenvalue weighted by Crippen LogP contribution is -2.44. The summed E-state index contributed by atoms with van der Waals surface area (Å²) in [4.78, 5) is 15.8. The van der Waals surface area contributed by atoms with E-state index in [9.17, 15) is 4.79 Å². The molecule has 25 heavy (non-hydrogen) atoms. The first-order valence-electron chi connectivity index (χ1n) is 8.90. The molecule has 1 aromatic carbocycles. The molecule has 1 amide bonds. The standard InChI is InChI=1S/C19H30N2O3S/c1-19(2,3)24-18(22)20-16(9-10-21-11-13-23-14-12-21)15-25-17-7-5-4-6-8-17/h4-8,16H,9-15H2,1-3H3,(H,20,22)/t16-/m1/s1. The van der Waals surface area contributed by atoms with E-state index in [1.54, 1.807) is 11.8 Å². The van der Waals surface area contributed by atoms with E-state index in [4.69, 9.17) is 9.47 Å². The van der Waals surface area contributed by atoms with Crippen LogP contribution in [0.5, 0.6) is 0 Å².